The van der Waals surface area contributed by atoms with Crippen molar-refractivity contribution in [3.63, 3.8) is 0 Å². The van der Waals surface area contributed by atoms with E-state index < -0.39 is 0 Å². The summed E-state index contributed by atoms with van der Waals surface area (Å²) in [5.74, 6) is 2.06. The number of amidine groups is 2. The highest BCUT2D eigenvalue weighted by Crippen LogP contribution is 2.40. The van der Waals surface area contributed by atoms with Crippen molar-refractivity contribution >= 4 is 40.8 Å². The summed E-state index contributed by atoms with van der Waals surface area (Å²) in [4.78, 5) is 19.1. The first-order chi connectivity index (χ1) is 17.0. The number of benzene rings is 1. The number of pyridine rings is 1. The molecule has 4 rings (SSSR count). The Morgan fingerprint density at radius 1 is 1.11 bits per heavy atom. The zero-order valence-corrected chi connectivity index (χ0v) is 21.4. The molecule has 182 valence electrons. The van der Waals surface area contributed by atoms with E-state index in [2.05, 4.69) is 35.4 Å². The number of hydrogen-bond acceptors (Lipinski definition) is 8. The lowest BCUT2D eigenvalue weighted by molar-refractivity contribution is 0.512. The van der Waals surface area contributed by atoms with E-state index in [1.807, 2.05) is 36.4 Å². The average molecular weight is 489 g/mol. The molecule has 0 saturated carbocycles. The zero-order chi connectivity index (χ0) is 24.9. The van der Waals surface area contributed by atoms with E-state index in [1.54, 1.807) is 30.4 Å². The largest absolute Gasteiger partial charge is 0.342 e. The first kappa shape index (κ1) is 24.7. The molecule has 0 radical (unpaired) electrons. The van der Waals surface area contributed by atoms with Crippen molar-refractivity contribution in [3.05, 3.63) is 55.0 Å². The second kappa shape index (κ2) is 10.9. The van der Waals surface area contributed by atoms with Crippen molar-refractivity contribution in [2.24, 2.45) is 0 Å². The molecule has 3 aromatic rings. The number of nitrogens with zero attached hydrogens (tertiary/aromatic N) is 5. The third kappa shape index (κ3) is 4.86. The number of nitrogens with one attached hydrogen (secondary N) is 3. The van der Waals surface area contributed by atoms with Crippen molar-refractivity contribution in [2.75, 3.05) is 14.5 Å². The van der Waals surface area contributed by atoms with Gasteiger partial charge in [-0.3, -0.25) is 20.7 Å². The van der Waals surface area contributed by atoms with Crippen LogP contribution in [0.4, 0.5) is 17.2 Å². The molecule has 2 aromatic heterocycles. The van der Waals surface area contributed by atoms with Crippen LogP contribution in [0.15, 0.2) is 59.9 Å². The van der Waals surface area contributed by atoms with Crippen LogP contribution in [0.5, 0.6) is 0 Å². The predicted molar refractivity (Wildman–Crippen MR) is 146 cm³/mol. The maximum absolute atomic E-state index is 8.89. The molecule has 0 fully saturated rings. The van der Waals surface area contributed by atoms with Crippen LogP contribution >= 0.6 is 11.9 Å². The zero-order valence-electron chi connectivity index (χ0n) is 20.6. The second-order valence-electron chi connectivity index (χ2n) is 8.45. The van der Waals surface area contributed by atoms with E-state index >= 15 is 0 Å². The molecule has 0 amide bonds. The fourth-order valence-electron chi connectivity index (χ4n) is 4.54. The monoisotopic (exact) mass is 488 g/mol. The Hall–Kier alpha value is -3.46. The van der Waals surface area contributed by atoms with Crippen LogP contribution in [0.3, 0.4) is 0 Å². The minimum absolute atomic E-state index is 0.154. The standard InChI is InChI=1S/C26H32N8S/c1-5-18(6-2)34-22(7-3)24(28)33(17(4)27)23-16-30-25(31-26(23)34)20-13-14-29-15-21(20)32-35-19-11-9-8-10-12-19/h8-16,18,22,27-28,32H,5-7H2,1-4H3/t22-/m1/s1. The number of anilines is 3. The van der Waals surface area contributed by atoms with Crippen molar-refractivity contribution in [2.45, 2.75) is 63.9 Å². The molecule has 0 spiro atoms. The van der Waals surface area contributed by atoms with Gasteiger partial charge >= 0.3 is 0 Å². The Kier molecular flexibility index (Phi) is 7.65. The molecule has 1 aliphatic rings. The van der Waals surface area contributed by atoms with Gasteiger partial charge in [-0.2, -0.15) is 0 Å². The van der Waals surface area contributed by atoms with Gasteiger partial charge in [-0.05, 0) is 56.3 Å². The smallest absolute Gasteiger partial charge is 0.163 e. The van der Waals surface area contributed by atoms with E-state index in [0.717, 1.165) is 41.2 Å². The van der Waals surface area contributed by atoms with Crippen LogP contribution in [0.25, 0.3) is 11.4 Å². The quantitative estimate of drug-likeness (QED) is 0.196. The lowest BCUT2D eigenvalue weighted by Crippen LogP contribution is -2.57. The van der Waals surface area contributed by atoms with Gasteiger partial charge in [0.2, 0.25) is 0 Å². The number of aromatic nitrogens is 3. The molecule has 0 unspecified atom stereocenters. The van der Waals surface area contributed by atoms with Crippen molar-refractivity contribution < 1.29 is 0 Å². The second-order valence-corrected chi connectivity index (χ2v) is 9.33. The first-order valence-corrected chi connectivity index (χ1v) is 12.8. The van der Waals surface area contributed by atoms with E-state index in [4.69, 9.17) is 20.8 Å². The molecule has 0 bridgehead atoms. The van der Waals surface area contributed by atoms with E-state index in [-0.39, 0.29) is 12.1 Å². The summed E-state index contributed by atoms with van der Waals surface area (Å²) in [6.07, 6.45) is 7.92. The summed E-state index contributed by atoms with van der Waals surface area (Å²) >= 11 is 1.51. The van der Waals surface area contributed by atoms with Gasteiger partial charge in [-0.15, -0.1) is 0 Å². The highest BCUT2D eigenvalue weighted by atomic mass is 32.2. The minimum atomic E-state index is -0.154. The van der Waals surface area contributed by atoms with Gasteiger partial charge < -0.3 is 9.62 Å². The fourth-order valence-corrected chi connectivity index (χ4v) is 5.22. The van der Waals surface area contributed by atoms with Gasteiger partial charge in [0.15, 0.2) is 11.6 Å². The summed E-state index contributed by atoms with van der Waals surface area (Å²) in [6, 6.07) is 12.1. The van der Waals surface area contributed by atoms with Crippen molar-refractivity contribution in [1.29, 1.82) is 10.8 Å². The molecule has 9 heteroatoms. The summed E-state index contributed by atoms with van der Waals surface area (Å²) in [6.45, 7) is 8.14. The molecule has 3 heterocycles. The fraction of sp³-hybridized carbons (Fsp3) is 0.346. The van der Waals surface area contributed by atoms with E-state index in [9.17, 15) is 0 Å². The van der Waals surface area contributed by atoms with Crippen LogP contribution in [-0.2, 0) is 0 Å². The number of hydrogen-bond donors (Lipinski definition) is 3. The van der Waals surface area contributed by atoms with Crippen LogP contribution < -0.4 is 14.5 Å². The van der Waals surface area contributed by atoms with Crippen molar-refractivity contribution in [3.8, 4) is 11.4 Å². The molecule has 8 nitrogen and oxygen atoms in total. The van der Waals surface area contributed by atoms with Gasteiger partial charge in [0.05, 0.1) is 24.1 Å². The third-order valence-corrected chi connectivity index (χ3v) is 7.10. The van der Waals surface area contributed by atoms with Gasteiger partial charge in [-0.25, -0.2) is 9.97 Å². The Labute approximate surface area is 211 Å². The molecule has 1 atom stereocenters. The van der Waals surface area contributed by atoms with E-state index in [0.29, 0.717) is 23.2 Å². The van der Waals surface area contributed by atoms with Gasteiger partial charge in [0, 0.05) is 22.7 Å². The molecule has 0 aliphatic carbocycles. The first-order valence-electron chi connectivity index (χ1n) is 12.0. The summed E-state index contributed by atoms with van der Waals surface area (Å²) in [5.41, 5.74) is 2.36. The van der Waals surface area contributed by atoms with Crippen LogP contribution in [0.2, 0.25) is 0 Å². The summed E-state index contributed by atoms with van der Waals surface area (Å²) in [7, 11) is 0. The Balaban J connectivity index is 1.80. The van der Waals surface area contributed by atoms with Crippen LogP contribution in [0, 0.1) is 10.8 Å². The van der Waals surface area contributed by atoms with Crippen LogP contribution in [0.1, 0.15) is 47.0 Å². The Morgan fingerprint density at radius 3 is 2.51 bits per heavy atom. The predicted octanol–water partition coefficient (Wildman–Crippen LogP) is 6.23. The molecular formula is C26H32N8S. The topological polar surface area (TPSA) is 105 Å². The Bertz CT molecular complexity index is 1190. The molecule has 35 heavy (non-hydrogen) atoms. The van der Waals surface area contributed by atoms with Gasteiger partial charge in [-0.1, -0.05) is 39.0 Å². The maximum atomic E-state index is 8.89. The normalized spacial score (nSPS) is 15.3. The van der Waals surface area contributed by atoms with Gasteiger partial charge in [0.25, 0.3) is 0 Å². The van der Waals surface area contributed by atoms with Gasteiger partial charge in [0.1, 0.15) is 17.4 Å². The number of rotatable bonds is 8. The number of fused-ring (bicyclic) bond motifs is 1. The molecule has 1 aromatic carbocycles. The summed E-state index contributed by atoms with van der Waals surface area (Å²) in [5, 5.41) is 17.3. The lowest BCUT2D eigenvalue weighted by atomic mass is 10.0. The van der Waals surface area contributed by atoms with Crippen LogP contribution in [-0.4, -0.2) is 38.7 Å². The minimum Gasteiger partial charge on any atom is -0.342 e. The highest BCUT2D eigenvalue weighted by molar-refractivity contribution is 8.00. The molecule has 0 saturated heterocycles. The average Bonchev–Trinajstić information content (AvgIpc) is 2.88. The molecular weight excluding hydrogens is 456 g/mol. The maximum Gasteiger partial charge on any atom is 0.163 e. The highest BCUT2D eigenvalue weighted by Gasteiger charge is 2.39. The SMILES string of the molecule is CCC(CC)N1c2nc(-c3ccncc3NSc3ccccc3)ncc2N(C(C)=N)C(=N)[C@H]1CC. The lowest BCUT2D eigenvalue weighted by Gasteiger charge is -2.46. The third-order valence-electron chi connectivity index (χ3n) is 6.27. The summed E-state index contributed by atoms with van der Waals surface area (Å²) < 4.78 is 3.40. The Morgan fingerprint density at radius 2 is 1.86 bits per heavy atom. The van der Waals surface area contributed by atoms with E-state index in [1.165, 1.54) is 11.9 Å². The molecule has 1 aliphatic heterocycles. The molecule has 3 N–H and O–H groups in total. The van der Waals surface area contributed by atoms with Crippen molar-refractivity contribution in [1.82, 2.24) is 15.0 Å².